The summed E-state index contributed by atoms with van der Waals surface area (Å²) in [5, 5.41) is 27.8. The Bertz CT molecular complexity index is 1450. The fourth-order valence-electron chi connectivity index (χ4n) is 5.37. The number of nitrogen functional groups attached to an aromatic ring is 1. The highest BCUT2D eigenvalue weighted by atomic mass is 16.6. The minimum Gasteiger partial charge on any atom is -0.387 e. The lowest BCUT2D eigenvalue weighted by molar-refractivity contribution is -0.0340. The average molecular weight is 556 g/mol. The predicted molar refractivity (Wildman–Crippen MR) is 142 cm³/mol. The molecule has 0 amide bonds. The third-order valence-electron chi connectivity index (χ3n) is 7.49. The summed E-state index contributed by atoms with van der Waals surface area (Å²) in [6, 6.07) is 0. The summed E-state index contributed by atoms with van der Waals surface area (Å²) < 4.78 is 21.2. The molecule has 0 spiro atoms. The lowest BCUT2D eigenvalue weighted by atomic mass is 10.1. The second-order valence-electron chi connectivity index (χ2n) is 9.85. The summed E-state index contributed by atoms with van der Waals surface area (Å²) in [4.78, 5) is 25.6. The van der Waals surface area contributed by atoms with E-state index in [0.717, 1.165) is 12.8 Å². The van der Waals surface area contributed by atoms with E-state index in [4.69, 9.17) is 19.9 Å². The monoisotopic (exact) mass is 555 g/mol. The van der Waals surface area contributed by atoms with Gasteiger partial charge in [0.15, 0.2) is 34.7 Å². The molecule has 40 heavy (non-hydrogen) atoms. The number of fused-ring (bicyclic) bond motifs is 2. The second kappa shape index (κ2) is 11.1. The van der Waals surface area contributed by atoms with E-state index in [1.807, 2.05) is 4.57 Å². The van der Waals surface area contributed by atoms with Gasteiger partial charge < -0.3 is 40.8 Å². The number of anilines is 2. The van der Waals surface area contributed by atoms with Crippen molar-refractivity contribution in [2.45, 2.75) is 62.7 Å². The Morgan fingerprint density at radius 1 is 0.950 bits per heavy atom. The van der Waals surface area contributed by atoms with Gasteiger partial charge >= 0.3 is 0 Å². The molecule has 16 nitrogen and oxygen atoms in total. The highest BCUT2D eigenvalue weighted by Crippen LogP contribution is 2.34. The minimum atomic E-state index is -1.17. The number of hydrogen-bond acceptors (Lipinski definition) is 14. The molecular formula is C24H33N11O5. The quantitative estimate of drug-likeness (QED) is 0.158. The van der Waals surface area contributed by atoms with Crippen molar-refractivity contribution < 1.29 is 24.4 Å². The van der Waals surface area contributed by atoms with Crippen molar-refractivity contribution in [3.8, 4) is 0 Å². The lowest BCUT2D eigenvalue weighted by Crippen LogP contribution is -2.39. The largest absolute Gasteiger partial charge is 0.387 e. The Kier molecular flexibility index (Phi) is 7.43. The van der Waals surface area contributed by atoms with Gasteiger partial charge in [-0.25, -0.2) is 29.9 Å². The van der Waals surface area contributed by atoms with Crippen molar-refractivity contribution in [1.82, 2.24) is 44.4 Å². The van der Waals surface area contributed by atoms with E-state index in [2.05, 4.69) is 47.5 Å². The number of aliphatic hydroxyl groups is 2. The predicted octanol–water partition coefficient (Wildman–Crippen LogP) is -0.418. The first-order chi connectivity index (χ1) is 19.5. The van der Waals surface area contributed by atoms with Crippen LogP contribution in [-0.4, -0.2) is 107 Å². The molecule has 0 saturated carbocycles. The van der Waals surface area contributed by atoms with Crippen LogP contribution in [0.15, 0.2) is 25.3 Å². The molecule has 2 aliphatic heterocycles. The zero-order chi connectivity index (χ0) is 27.8. The maximum Gasteiger partial charge on any atom is 0.167 e. The molecule has 214 valence electrons. The van der Waals surface area contributed by atoms with E-state index in [0.29, 0.717) is 47.8 Å². The van der Waals surface area contributed by atoms with E-state index in [1.165, 1.54) is 19.0 Å². The van der Waals surface area contributed by atoms with E-state index in [9.17, 15) is 10.2 Å². The van der Waals surface area contributed by atoms with E-state index in [1.54, 1.807) is 18.0 Å². The molecule has 6 N–H and O–H groups in total. The fraction of sp³-hybridized carbons (Fsp3) is 0.583. The van der Waals surface area contributed by atoms with Crippen molar-refractivity contribution in [2.75, 3.05) is 37.8 Å². The van der Waals surface area contributed by atoms with Crippen LogP contribution in [0.1, 0.15) is 32.2 Å². The van der Waals surface area contributed by atoms with Gasteiger partial charge in [0, 0.05) is 33.2 Å². The number of ether oxygens (including phenoxy) is 3. The molecule has 0 radical (unpaired) electrons. The first kappa shape index (κ1) is 26.7. The maximum absolute atomic E-state index is 10.6. The third-order valence-corrected chi connectivity index (χ3v) is 7.49. The molecule has 2 saturated heterocycles. The van der Waals surface area contributed by atoms with Crippen molar-refractivity contribution in [2.24, 2.45) is 0 Å². The molecule has 6 rings (SSSR count). The van der Waals surface area contributed by atoms with Crippen molar-refractivity contribution in [3.63, 3.8) is 0 Å². The van der Waals surface area contributed by atoms with Gasteiger partial charge in [-0.2, -0.15) is 0 Å². The Morgan fingerprint density at radius 3 is 2.48 bits per heavy atom. The van der Waals surface area contributed by atoms with Gasteiger partial charge in [0.1, 0.15) is 42.7 Å². The SMILES string of the molecule is CC[C@H]1O[C@@H](n2cnc3c(NCCNC[C@H]4O[C@@H](n5cnc6c(N)ncnc65)[C@@H](O)C4O)ncnc32)C[C@@H]1OC. The van der Waals surface area contributed by atoms with Gasteiger partial charge in [0.2, 0.25) is 0 Å². The molecule has 2 fully saturated rings. The second-order valence-corrected chi connectivity index (χ2v) is 9.85. The molecule has 6 heterocycles. The maximum atomic E-state index is 10.6. The van der Waals surface area contributed by atoms with Crippen LogP contribution in [-0.2, 0) is 14.2 Å². The van der Waals surface area contributed by atoms with Gasteiger partial charge in [-0.1, -0.05) is 6.92 Å². The zero-order valence-corrected chi connectivity index (χ0v) is 22.2. The summed E-state index contributed by atoms with van der Waals surface area (Å²) in [5.74, 6) is 0.840. The molecule has 0 bridgehead atoms. The van der Waals surface area contributed by atoms with Crippen molar-refractivity contribution in [1.29, 1.82) is 0 Å². The number of methoxy groups -OCH3 is 1. The molecular weight excluding hydrogens is 522 g/mol. The van der Waals surface area contributed by atoms with Crippen molar-refractivity contribution >= 4 is 34.0 Å². The lowest BCUT2D eigenvalue weighted by Gasteiger charge is -2.16. The summed E-state index contributed by atoms with van der Waals surface area (Å²) in [5.41, 5.74) is 8.02. The number of nitrogens with two attached hydrogens (primary N) is 1. The topological polar surface area (TPSA) is 205 Å². The van der Waals surface area contributed by atoms with Crippen LogP contribution in [0.4, 0.5) is 11.6 Å². The molecule has 1 unspecified atom stereocenters. The highest BCUT2D eigenvalue weighted by Gasteiger charge is 2.44. The average Bonchev–Trinajstić information content (AvgIpc) is 3.74. The van der Waals surface area contributed by atoms with Crippen LogP contribution in [0.25, 0.3) is 22.3 Å². The minimum absolute atomic E-state index is 0.0313. The normalized spacial score (nSPS) is 28.6. The number of nitrogens with one attached hydrogen (secondary N) is 2. The Hall–Kier alpha value is -3.54. The number of hydrogen-bond donors (Lipinski definition) is 5. The Balaban J connectivity index is 1.03. The molecule has 0 aromatic carbocycles. The number of aliphatic hydroxyl groups excluding tert-OH is 2. The number of nitrogens with zero attached hydrogens (tertiary/aromatic N) is 8. The van der Waals surface area contributed by atoms with Crippen LogP contribution < -0.4 is 16.4 Å². The van der Waals surface area contributed by atoms with Gasteiger partial charge in [-0.15, -0.1) is 0 Å². The molecule has 16 heteroatoms. The molecule has 4 aromatic rings. The Morgan fingerprint density at radius 2 is 1.70 bits per heavy atom. The van der Waals surface area contributed by atoms with Crippen LogP contribution >= 0.6 is 0 Å². The standard InChI is InChI=1S/C24H33N11O5/c1-3-12-13(38-2)6-15(39-12)34-10-33-17-21(29-9-31-23(17)34)27-5-4-26-7-14-18(36)19(37)24(40-14)35-11-32-16-20(25)28-8-30-22(16)35/h8-15,18-19,24,26,36-37H,3-7H2,1-2H3,(H2,25,28,30)(H,27,29,31)/t12-,13+,14-,15-,18?,19+,24-/m1/s1. The fourth-order valence-corrected chi connectivity index (χ4v) is 5.37. The van der Waals surface area contributed by atoms with Crippen LogP contribution in [0.3, 0.4) is 0 Å². The van der Waals surface area contributed by atoms with Gasteiger partial charge in [-0.05, 0) is 6.42 Å². The zero-order valence-electron chi connectivity index (χ0n) is 22.2. The Labute approximate surface area is 228 Å². The number of rotatable bonds is 10. The van der Waals surface area contributed by atoms with Crippen LogP contribution in [0.2, 0.25) is 0 Å². The smallest absolute Gasteiger partial charge is 0.167 e. The summed E-state index contributed by atoms with van der Waals surface area (Å²) in [7, 11) is 1.71. The molecule has 0 aliphatic carbocycles. The number of aromatic nitrogens is 8. The van der Waals surface area contributed by atoms with E-state index in [-0.39, 0.29) is 24.3 Å². The van der Waals surface area contributed by atoms with Crippen LogP contribution in [0, 0.1) is 0 Å². The van der Waals surface area contributed by atoms with E-state index < -0.39 is 24.5 Å². The summed E-state index contributed by atoms with van der Waals surface area (Å²) in [6.45, 7) is 3.46. The highest BCUT2D eigenvalue weighted by molar-refractivity contribution is 5.82. The summed E-state index contributed by atoms with van der Waals surface area (Å²) >= 11 is 0. The molecule has 2 aliphatic rings. The van der Waals surface area contributed by atoms with Gasteiger partial charge in [-0.3, -0.25) is 9.13 Å². The molecule has 7 atom stereocenters. The summed E-state index contributed by atoms with van der Waals surface area (Å²) in [6.07, 6.45) is 3.68. The first-order valence-electron chi connectivity index (χ1n) is 13.2. The van der Waals surface area contributed by atoms with Gasteiger partial charge in [0.05, 0.1) is 24.9 Å². The molecule has 4 aromatic heterocycles. The van der Waals surface area contributed by atoms with Crippen molar-refractivity contribution in [3.05, 3.63) is 25.3 Å². The number of imidazole rings is 2. The third kappa shape index (κ3) is 4.71. The van der Waals surface area contributed by atoms with E-state index >= 15 is 0 Å². The van der Waals surface area contributed by atoms with Crippen LogP contribution in [0.5, 0.6) is 0 Å². The first-order valence-corrected chi connectivity index (χ1v) is 13.2. The van der Waals surface area contributed by atoms with Gasteiger partial charge in [0.25, 0.3) is 0 Å².